The highest BCUT2D eigenvalue weighted by Gasteiger charge is 2.24. The van der Waals surface area contributed by atoms with Crippen LogP contribution in [0.1, 0.15) is 27.7 Å². The summed E-state index contributed by atoms with van der Waals surface area (Å²) in [6, 6.07) is 2.88. The summed E-state index contributed by atoms with van der Waals surface area (Å²) < 4.78 is 27.6. The van der Waals surface area contributed by atoms with Crippen LogP contribution in [0.15, 0.2) is 21.5 Å². The van der Waals surface area contributed by atoms with Gasteiger partial charge in [-0.05, 0) is 39.4 Å². The molecule has 3 N–H and O–H groups in total. The third kappa shape index (κ3) is 4.35. The Labute approximate surface area is 134 Å². The fourth-order valence-electron chi connectivity index (χ4n) is 1.40. The summed E-state index contributed by atoms with van der Waals surface area (Å²) in [6.45, 7) is 8.56. The first-order chi connectivity index (χ1) is 8.95. The maximum Gasteiger partial charge on any atom is 0.241 e. The van der Waals surface area contributed by atoms with Crippen molar-refractivity contribution in [1.29, 1.82) is 0 Å². The van der Waals surface area contributed by atoms with Crippen molar-refractivity contribution in [3.8, 4) is 0 Å². The molecule has 20 heavy (non-hydrogen) atoms. The van der Waals surface area contributed by atoms with Gasteiger partial charge < -0.3 is 5.73 Å². The van der Waals surface area contributed by atoms with E-state index in [-0.39, 0.29) is 21.3 Å². The average Bonchev–Trinajstić information content (AvgIpc) is 2.29. The van der Waals surface area contributed by atoms with Gasteiger partial charge in [-0.1, -0.05) is 39.3 Å². The fourth-order valence-corrected chi connectivity index (χ4v) is 3.82. The van der Waals surface area contributed by atoms with E-state index in [9.17, 15) is 8.42 Å². The van der Waals surface area contributed by atoms with Crippen molar-refractivity contribution < 1.29 is 8.42 Å². The van der Waals surface area contributed by atoms with Gasteiger partial charge in [0.15, 0.2) is 0 Å². The SMILES string of the molecule is CC(CNS(=O)(=O)c1cc(Cl)cc(N)c1Br)C(C)(C)C. The Kier molecular flexibility index (Phi) is 5.52. The van der Waals surface area contributed by atoms with Gasteiger partial charge in [-0.25, -0.2) is 13.1 Å². The third-order valence-corrected chi connectivity index (χ3v) is 6.19. The summed E-state index contributed by atoms with van der Waals surface area (Å²) in [7, 11) is -3.65. The molecule has 1 aromatic carbocycles. The first-order valence-corrected chi connectivity index (χ1v) is 8.84. The number of benzene rings is 1. The van der Waals surface area contributed by atoms with Crippen LogP contribution < -0.4 is 10.5 Å². The Morgan fingerprint density at radius 2 is 1.95 bits per heavy atom. The van der Waals surface area contributed by atoms with Gasteiger partial charge >= 0.3 is 0 Å². The van der Waals surface area contributed by atoms with Crippen molar-refractivity contribution in [2.24, 2.45) is 11.3 Å². The summed E-state index contributed by atoms with van der Waals surface area (Å²) in [5.74, 6) is 0.188. The van der Waals surface area contributed by atoms with Gasteiger partial charge in [-0.15, -0.1) is 0 Å². The van der Waals surface area contributed by atoms with Crippen molar-refractivity contribution >= 4 is 43.2 Å². The van der Waals surface area contributed by atoms with Crippen molar-refractivity contribution in [1.82, 2.24) is 4.72 Å². The lowest BCUT2D eigenvalue weighted by molar-refractivity contribution is 0.263. The van der Waals surface area contributed by atoms with Gasteiger partial charge in [0.1, 0.15) is 0 Å². The molecule has 0 saturated heterocycles. The van der Waals surface area contributed by atoms with Gasteiger partial charge in [-0.2, -0.15) is 0 Å². The minimum absolute atomic E-state index is 0.0209. The van der Waals surface area contributed by atoms with E-state index in [1.807, 2.05) is 6.92 Å². The lowest BCUT2D eigenvalue weighted by atomic mass is 9.82. The summed E-state index contributed by atoms with van der Waals surface area (Å²) >= 11 is 9.06. The number of rotatable bonds is 4. The molecule has 0 aliphatic rings. The fraction of sp³-hybridized carbons (Fsp3) is 0.538. The molecule has 114 valence electrons. The van der Waals surface area contributed by atoms with E-state index < -0.39 is 10.0 Å². The van der Waals surface area contributed by atoms with Gasteiger partial charge in [0.05, 0.1) is 9.37 Å². The van der Waals surface area contributed by atoms with Crippen LogP contribution in [0.4, 0.5) is 5.69 Å². The van der Waals surface area contributed by atoms with Crippen molar-refractivity contribution in [3.05, 3.63) is 21.6 Å². The molecule has 0 aliphatic carbocycles. The number of nitrogen functional groups attached to an aromatic ring is 1. The van der Waals surface area contributed by atoms with Gasteiger partial charge in [0.25, 0.3) is 0 Å². The molecule has 0 bridgehead atoms. The maximum absolute atomic E-state index is 12.3. The highest BCUT2D eigenvalue weighted by molar-refractivity contribution is 9.10. The van der Waals surface area contributed by atoms with Gasteiger partial charge in [0, 0.05) is 17.3 Å². The Morgan fingerprint density at radius 3 is 2.45 bits per heavy atom. The zero-order chi connectivity index (χ0) is 15.7. The molecule has 0 aromatic heterocycles. The lowest BCUT2D eigenvalue weighted by Crippen LogP contribution is -2.33. The number of nitrogens with one attached hydrogen (secondary N) is 1. The van der Waals surface area contributed by atoms with E-state index in [1.165, 1.54) is 12.1 Å². The van der Waals surface area contributed by atoms with Gasteiger partial charge in [-0.3, -0.25) is 0 Å². The third-order valence-electron chi connectivity index (χ3n) is 3.38. The monoisotopic (exact) mass is 382 g/mol. The van der Waals surface area contributed by atoms with Crippen LogP contribution in [0.25, 0.3) is 0 Å². The van der Waals surface area contributed by atoms with Gasteiger partial charge in [0.2, 0.25) is 10.0 Å². The number of nitrogens with two attached hydrogens (primary N) is 1. The minimum atomic E-state index is -3.65. The quantitative estimate of drug-likeness (QED) is 0.780. The topological polar surface area (TPSA) is 72.2 Å². The molecule has 1 rings (SSSR count). The number of anilines is 1. The number of hydrogen-bond acceptors (Lipinski definition) is 3. The van der Waals surface area contributed by atoms with Crippen molar-refractivity contribution in [2.75, 3.05) is 12.3 Å². The molecule has 1 unspecified atom stereocenters. The minimum Gasteiger partial charge on any atom is -0.398 e. The molecule has 7 heteroatoms. The van der Waals surface area contributed by atoms with Crippen molar-refractivity contribution in [3.63, 3.8) is 0 Å². The first kappa shape index (κ1) is 17.8. The predicted octanol–water partition coefficient (Wildman–Crippen LogP) is 3.65. The average molecular weight is 384 g/mol. The number of halogens is 2. The molecule has 0 saturated carbocycles. The predicted molar refractivity (Wildman–Crippen MR) is 87.4 cm³/mol. The second-order valence-corrected chi connectivity index (χ2v) is 8.89. The Bertz CT molecular complexity index is 597. The molecular formula is C13H20BrClN2O2S. The molecule has 0 aliphatic heterocycles. The smallest absolute Gasteiger partial charge is 0.241 e. The normalized spacial score (nSPS) is 14.3. The van der Waals surface area contributed by atoms with E-state index in [4.69, 9.17) is 17.3 Å². The second kappa shape index (κ2) is 6.22. The zero-order valence-corrected chi connectivity index (χ0v) is 15.2. The van der Waals surface area contributed by atoms with Crippen LogP contribution in [0.3, 0.4) is 0 Å². The molecule has 0 heterocycles. The summed E-state index contributed by atoms with van der Waals surface area (Å²) in [4.78, 5) is 0.0589. The number of sulfonamides is 1. The van der Waals surface area contributed by atoms with E-state index in [2.05, 4.69) is 41.4 Å². The van der Waals surface area contributed by atoms with Crippen LogP contribution in [-0.2, 0) is 10.0 Å². The highest BCUT2D eigenvalue weighted by atomic mass is 79.9. The van der Waals surface area contributed by atoms with Crippen LogP contribution in [0.5, 0.6) is 0 Å². The molecule has 1 atom stereocenters. The second-order valence-electron chi connectivity index (χ2n) is 5.93. The highest BCUT2D eigenvalue weighted by Crippen LogP contribution is 2.32. The van der Waals surface area contributed by atoms with E-state index in [0.717, 1.165) is 0 Å². The molecule has 0 amide bonds. The molecule has 0 fully saturated rings. The molecule has 0 spiro atoms. The Morgan fingerprint density at radius 1 is 1.40 bits per heavy atom. The van der Waals surface area contributed by atoms with Crippen molar-refractivity contribution in [2.45, 2.75) is 32.6 Å². The van der Waals surface area contributed by atoms with Crippen LogP contribution in [-0.4, -0.2) is 15.0 Å². The summed E-state index contributed by atoms with van der Waals surface area (Å²) in [5.41, 5.74) is 6.03. The Balaban J connectivity index is 3.02. The first-order valence-electron chi connectivity index (χ1n) is 6.19. The summed E-state index contributed by atoms with van der Waals surface area (Å²) in [5, 5.41) is 0.287. The lowest BCUT2D eigenvalue weighted by Gasteiger charge is -2.27. The summed E-state index contributed by atoms with van der Waals surface area (Å²) in [6.07, 6.45) is 0. The standard InChI is InChI=1S/C13H20BrClN2O2S/c1-8(13(2,3)4)7-17-20(18,19)11-6-9(15)5-10(16)12(11)14/h5-6,8,17H,7,16H2,1-4H3. The van der Waals surface area contributed by atoms with Crippen LogP contribution in [0, 0.1) is 11.3 Å². The molecular weight excluding hydrogens is 364 g/mol. The van der Waals surface area contributed by atoms with Crippen LogP contribution >= 0.6 is 27.5 Å². The van der Waals surface area contributed by atoms with E-state index >= 15 is 0 Å². The van der Waals surface area contributed by atoms with E-state index in [1.54, 1.807) is 0 Å². The van der Waals surface area contributed by atoms with Crippen LogP contribution in [0.2, 0.25) is 5.02 Å². The molecule has 0 radical (unpaired) electrons. The molecule has 4 nitrogen and oxygen atoms in total. The largest absolute Gasteiger partial charge is 0.398 e. The van der Waals surface area contributed by atoms with E-state index in [0.29, 0.717) is 16.7 Å². The molecule has 1 aromatic rings. The Hall–Kier alpha value is -0.300. The zero-order valence-electron chi connectivity index (χ0n) is 12.0. The number of hydrogen-bond donors (Lipinski definition) is 2. The maximum atomic E-state index is 12.3.